The Morgan fingerprint density at radius 2 is 2.23 bits per heavy atom. The van der Waals surface area contributed by atoms with Gasteiger partial charge in [0, 0.05) is 43.6 Å². The molecule has 0 fully saturated rings. The molecule has 0 saturated carbocycles. The van der Waals surface area contributed by atoms with Crippen molar-refractivity contribution in [3.63, 3.8) is 0 Å². The summed E-state index contributed by atoms with van der Waals surface area (Å²) in [5, 5.41) is 6.03. The number of nitrogens with zero attached hydrogens (tertiary/aromatic N) is 3. The second-order valence-electron chi connectivity index (χ2n) is 7.17. The van der Waals surface area contributed by atoms with Crippen molar-refractivity contribution < 1.29 is 4.79 Å². The van der Waals surface area contributed by atoms with Crippen LogP contribution in [0.4, 0.5) is 0 Å². The lowest BCUT2D eigenvalue weighted by Crippen LogP contribution is -2.37. The van der Waals surface area contributed by atoms with E-state index in [1.807, 2.05) is 24.1 Å². The van der Waals surface area contributed by atoms with Gasteiger partial charge in [0.1, 0.15) is 11.5 Å². The van der Waals surface area contributed by atoms with Gasteiger partial charge in [0.05, 0.1) is 11.4 Å². The third kappa shape index (κ3) is 6.63. The summed E-state index contributed by atoms with van der Waals surface area (Å²) >= 11 is 0. The molecule has 1 aliphatic heterocycles. The van der Waals surface area contributed by atoms with E-state index in [1.165, 1.54) is 0 Å². The highest BCUT2D eigenvalue weighted by Gasteiger charge is 2.22. The molecule has 1 amide bonds. The Balaban J connectivity index is 2.05. The summed E-state index contributed by atoms with van der Waals surface area (Å²) in [6.07, 6.45) is 11.9. The summed E-state index contributed by atoms with van der Waals surface area (Å²) in [6, 6.07) is 0. The number of nitrogens with two attached hydrogens (primary N) is 2. The molecule has 1 aliphatic rings. The average Bonchev–Trinajstić information content (AvgIpc) is 3.27. The van der Waals surface area contributed by atoms with E-state index in [0.29, 0.717) is 47.8 Å². The summed E-state index contributed by atoms with van der Waals surface area (Å²) < 4.78 is 0. The number of amidine groups is 1. The van der Waals surface area contributed by atoms with Crippen LogP contribution in [-0.2, 0) is 0 Å². The Hall–Kier alpha value is -3.75. The van der Waals surface area contributed by atoms with E-state index in [-0.39, 0.29) is 5.91 Å². The smallest absolute Gasteiger partial charge is 0.287 e. The summed E-state index contributed by atoms with van der Waals surface area (Å²) in [5.41, 5.74) is 15.0. The van der Waals surface area contributed by atoms with Crippen LogP contribution < -0.4 is 22.1 Å². The van der Waals surface area contributed by atoms with Gasteiger partial charge in [0.2, 0.25) is 0 Å². The third-order valence-corrected chi connectivity index (χ3v) is 4.87. The fraction of sp³-hybridized carbons (Fsp3) is 0.318. The number of rotatable bonds is 11. The summed E-state index contributed by atoms with van der Waals surface area (Å²) in [5.74, 6) is 0.707. The number of aromatic nitrogens is 2. The van der Waals surface area contributed by atoms with Gasteiger partial charge in [-0.25, -0.2) is 9.98 Å². The zero-order valence-electron chi connectivity index (χ0n) is 18.2. The molecule has 1 atom stereocenters. The summed E-state index contributed by atoms with van der Waals surface area (Å²) in [7, 11) is 0. The Morgan fingerprint density at radius 1 is 1.45 bits per heavy atom. The van der Waals surface area contributed by atoms with Crippen LogP contribution in [0.3, 0.4) is 0 Å². The molecule has 2 rings (SSSR count). The van der Waals surface area contributed by atoms with Crippen molar-refractivity contribution in [3.8, 4) is 0 Å². The molecule has 0 radical (unpaired) electrons. The first kappa shape index (κ1) is 23.5. The number of aromatic amines is 1. The van der Waals surface area contributed by atoms with Gasteiger partial charge in [-0.3, -0.25) is 4.79 Å². The molecule has 9 nitrogen and oxygen atoms in total. The maximum absolute atomic E-state index is 12.0. The largest absolute Gasteiger partial charge is 0.395 e. The number of imidazole rings is 1. The molecule has 0 aliphatic carbocycles. The van der Waals surface area contributed by atoms with Gasteiger partial charge >= 0.3 is 0 Å². The molecule has 1 aromatic rings. The van der Waals surface area contributed by atoms with Crippen LogP contribution in [0.15, 0.2) is 77.9 Å². The molecule has 0 bridgehead atoms. The van der Waals surface area contributed by atoms with E-state index >= 15 is 0 Å². The van der Waals surface area contributed by atoms with Crippen LogP contribution in [0.25, 0.3) is 0 Å². The van der Waals surface area contributed by atoms with Crippen LogP contribution in [0.2, 0.25) is 0 Å². The maximum atomic E-state index is 12.0. The number of aliphatic imine (C=N–C) groups is 1. The van der Waals surface area contributed by atoms with Crippen LogP contribution >= 0.6 is 0 Å². The highest BCUT2D eigenvalue weighted by atomic mass is 16.2. The minimum Gasteiger partial charge on any atom is -0.395 e. The SMILES string of the molecule is C=C/C=C(\C)NC(=C)/C(N)=C1\C(N)=NC=CN1CC(CC)CCNC(=O)c1ncc[nH]1. The van der Waals surface area contributed by atoms with Crippen molar-refractivity contribution in [3.05, 3.63) is 78.7 Å². The number of carbonyl (C=O) groups is 1. The number of amides is 1. The average molecular weight is 425 g/mol. The van der Waals surface area contributed by atoms with Crippen LogP contribution in [0.5, 0.6) is 0 Å². The molecule has 7 N–H and O–H groups in total. The van der Waals surface area contributed by atoms with Gasteiger partial charge in [-0.05, 0) is 25.3 Å². The van der Waals surface area contributed by atoms with E-state index in [9.17, 15) is 4.79 Å². The normalized spacial score (nSPS) is 16.4. The number of hydrogen-bond donors (Lipinski definition) is 5. The van der Waals surface area contributed by atoms with Crippen molar-refractivity contribution in [2.75, 3.05) is 13.1 Å². The Bertz CT molecular complexity index is 908. The van der Waals surface area contributed by atoms with E-state index in [2.05, 4.69) is 45.7 Å². The number of carbonyl (C=O) groups excluding carboxylic acids is 1. The lowest BCUT2D eigenvalue weighted by molar-refractivity contribution is 0.0941. The second kappa shape index (κ2) is 11.4. The minimum absolute atomic E-state index is 0.218. The Labute approximate surface area is 183 Å². The van der Waals surface area contributed by atoms with Crippen LogP contribution in [-0.4, -0.2) is 39.7 Å². The van der Waals surface area contributed by atoms with Gasteiger partial charge in [-0.15, -0.1) is 0 Å². The highest BCUT2D eigenvalue weighted by Crippen LogP contribution is 2.21. The predicted octanol–water partition coefficient (Wildman–Crippen LogP) is 2.06. The van der Waals surface area contributed by atoms with Crippen molar-refractivity contribution in [1.82, 2.24) is 25.5 Å². The molecule has 9 heteroatoms. The zero-order chi connectivity index (χ0) is 22.8. The lowest BCUT2D eigenvalue weighted by atomic mass is 10.0. The number of allylic oxidation sites excluding steroid dienone is 3. The number of nitrogens with one attached hydrogen (secondary N) is 3. The number of H-pyrrole nitrogens is 1. The number of hydrogen-bond acceptors (Lipinski definition) is 7. The molecule has 1 aromatic heterocycles. The van der Waals surface area contributed by atoms with Gasteiger partial charge in [-0.1, -0.05) is 32.6 Å². The molecule has 1 unspecified atom stereocenters. The summed E-state index contributed by atoms with van der Waals surface area (Å²) in [6.45, 7) is 12.9. The van der Waals surface area contributed by atoms with E-state index in [0.717, 1.165) is 18.5 Å². The Morgan fingerprint density at radius 3 is 2.87 bits per heavy atom. The minimum atomic E-state index is -0.218. The van der Waals surface area contributed by atoms with Crippen LogP contribution in [0, 0.1) is 5.92 Å². The lowest BCUT2D eigenvalue weighted by Gasteiger charge is -2.31. The van der Waals surface area contributed by atoms with E-state index in [1.54, 1.807) is 24.7 Å². The topological polar surface area (TPSA) is 137 Å². The van der Waals surface area contributed by atoms with Crippen molar-refractivity contribution in [1.29, 1.82) is 0 Å². The molecule has 0 spiro atoms. The van der Waals surface area contributed by atoms with Gasteiger partial charge in [0.25, 0.3) is 5.91 Å². The molecular formula is C22H32N8O. The molecular weight excluding hydrogens is 392 g/mol. The van der Waals surface area contributed by atoms with Crippen LogP contribution in [0.1, 0.15) is 37.3 Å². The first-order valence-electron chi connectivity index (χ1n) is 10.2. The van der Waals surface area contributed by atoms with Crippen molar-refractivity contribution in [2.45, 2.75) is 26.7 Å². The highest BCUT2D eigenvalue weighted by molar-refractivity contribution is 5.98. The maximum Gasteiger partial charge on any atom is 0.287 e. The second-order valence-corrected chi connectivity index (χ2v) is 7.17. The fourth-order valence-corrected chi connectivity index (χ4v) is 3.15. The van der Waals surface area contributed by atoms with Gasteiger partial charge in [0.15, 0.2) is 5.82 Å². The quantitative estimate of drug-likeness (QED) is 0.345. The molecule has 0 aromatic carbocycles. The predicted molar refractivity (Wildman–Crippen MR) is 124 cm³/mol. The molecule has 166 valence electrons. The van der Waals surface area contributed by atoms with Crippen molar-refractivity contribution in [2.24, 2.45) is 22.4 Å². The fourth-order valence-electron chi connectivity index (χ4n) is 3.15. The van der Waals surface area contributed by atoms with Crippen molar-refractivity contribution >= 4 is 11.7 Å². The van der Waals surface area contributed by atoms with E-state index in [4.69, 9.17) is 11.5 Å². The van der Waals surface area contributed by atoms with Gasteiger partial charge in [-0.2, -0.15) is 0 Å². The standard InChI is InChI=1S/C22H32N8O/c1-5-7-15(3)29-16(4)18(23)19-20(24)25-12-13-30(19)14-17(6-2)8-9-28-22(31)21-26-10-11-27-21/h5,7,10-13,17,29H,1,4,6,8-9,14,23H2,2-3H3,(H2,24,25)(H,26,27)(H,28,31)/b15-7+,19-18-. The van der Waals surface area contributed by atoms with Gasteiger partial charge < -0.3 is 32.0 Å². The molecule has 31 heavy (non-hydrogen) atoms. The first-order chi connectivity index (χ1) is 14.9. The molecule has 0 saturated heterocycles. The Kier molecular flexibility index (Phi) is 8.68. The summed E-state index contributed by atoms with van der Waals surface area (Å²) in [4.78, 5) is 25.0. The first-order valence-corrected chi connectivity index (χ1v) is 10.2. The van der Waals surface area contributed by atoms with E-state index < -0.39 is 0 Å². The molecule has 2 heterocycles. The monoisotopic (exact) mass is 424 g/mol. The third-order valence-electron chi connectivity index (χ3n) is 4.87. The zero-order valence-corrected chi connectivity index (χ0v) is 18.2.